The van der Waals surface area contributed by atoms with E-state index in [1.165, 1.54) is 7.11 Å². The van der Waals surface area contributed by atoms with Gasteiger partial charge in [0.1, 0.15) is 0 Å². The Morgan fingerprint density at radius 1 is 1.64 bits per heavy atom. The number of ether oxygens (including phenoxy) is 1. The summed E-state index contributed by atoms with van der Waals surface area (Å²) in [5, 5.41) is 0. The van der Waals surface area contributed by atoms with Crippen LogP contribution in [0, 0.1) is 5.92 Å². The van der Waals surface area contributed by atoms with Gasteiger partial charge in [-0.2, -0.15) is 0 Å². The van der Waals surface area contributed by atoms with E-state index in [1.807, 2.05) is 0 Å². The first-order valence-electron chi connectivity index (χ1n) is 4.06. The van der Waals surface area contributed by atoms with Crippen molar-refractivity contribution in [2.75, 3.05) is 7.11 Å². The minimum Gasteiger partial charge on any atom is -0.469 e. The molecule has 1 rings (SSSR count). The standard InChI is InChI=1S/C8H15NO2/c1-11-8(10)5-6-3-2-4-7(6)9/h6-7H,2-5,9H2,1H3/t6-,7+/m0/s1. The van der Waals surface area contributed by atoms with Crippen LogP contribution in [-0.4, -0.2) is 19.1 Å². The predicted octanol–water partition coefficient (Wildman–Crippen LogP) is 0.677. The third kappa shape index (κ3) is 2.19. The van der Waals surface area contributed by atoms with Crippen LogP contribution >= 0.6 is 0 Å². The molecule has 0 unspecified atom stereocenters. The molecule has 0 aromatic carbocycles. The summed E-state index contributed by atoms with van der Waals surface area (Å²) in [5.74, 6) is 0.231. The molecule has 0 radical (unpaired) electrons. The molecule has 0 bridgehead atoms. The van der Waals surface area contributed by atoms with Crippen LogP contribution in [0.3, 0.4) is 0 Å². The number of hydrogen-bond acceptors (Lipinski definition) is 3. The van der Waals surface area contributed by atoms with Gasteiger partial charge in [-0.25, -0.2) is 0 Å². The Labute approximate surface area is 66.9 Å². The Kier molecular flexibility index (Phi) is 2.88. The lowest BCUT2D eigenvalue weighted by Crippen LogP contribution is -2.26. The lowest BCUT2D eigenvalue weighted by Gasteiger charge is -2.12. The van der Waals surface area contributed by atoms with Crippen molar-refractivity contribution in [2.45, 2.75) is 31.7 Å². The predicted molar refractivity (Wildman–Crippen MR) is 41.9 cm³/mol. The lowest BCUT2D eigenvalue weighted by molar-refractivity contribution is -0.141. The minimum atomic E-state index is -0.132. The zero-order valence-corrected chi connectivity index (χ0v) is 6.88. The maximum absolute atomic E-state index is 10.8. The highest BCUT2D eigenvalue weighted by Crippen LogP contribution is 2.26. The van der Waals surface area contributed by atoms with Gasteiger partial charge in [0.25, 0.3) is 0 Å². The van der Waals surface area contributed by atoms with E-state index in [9.17, 15) is 4.79 Å². The molecule has 1 aliphatic carbocycles. The molecule has 0 aliphatic heterocycles. The molecule has 0 amide bonds. The Balaban J connectivity index is 2.30. The maximum Gasteiger partial charge on any atom is 0.305 e. The van der Waals surface area contributed by atoms with E-state index in [-0.39, 0.29) is 12.0 Å². The van der Waals surface area contributed by atoms with Gasteiger partial charge in [-0.1, -0.05) is 6.42 Å². The fourth-order valence-corrected chi connectivity index (χ4v) is 1.62. The van der Waals surface area contributed by atoms with Crippen LogP contribution in [0.15, 0.2) is 0 Å². The quantitative estimate of drug-likeness (QED) is 0.599. The topological polar surface area (TPSA) is 52.3 Å². The van der Waals surface area contributed by atoms with Crippen LogP contribution in [-0.2, 0) is 9.53 Å². The zero-order chi connectivity index (χ0) is 8.27. The fraction of sp³-hybridized carbons (Fsp3) is 0.875. The highest BCUT2D eigenvalue weighted by atomic mass is 16.5. The van der Waals surface area contributed by atoms with Gasteiger partial charge in [-0.15, -0.1) is 0 Å². The number of hydrogen-bond donors (Lipinski definition) is 1. The van der Waals surface area contributed by atoms with Gasteiger partial charge in [0, 0.05) is 12.5 Å². The van der Waals surface area contributed by atoms with Gasteiger partial charge in [-0.05, 0) is 18.8 Å². The third-order valence-corrected chi connectivity index (χ3v) is 2.37. The highest BCUT2D eigenvalue weighted by Gasteiger charge is 2.26. The highest BCUT2D eigenvalue weighted by molar-refractivity contribution is 5.69. The van der Waals surface area contributed by atoms with E-state index in [4.69, 9.17) is 5.73 Å². The van der Waals surface area contributed by atoms with E-state index in [2.05, 4.69) is 4.74 Å². The van der Waals surface area contributed by atoms with Crippen molar-refractivity contribution < 1.29 is 9.53 Å². The summed E-state index contributed by atoms with van der Waals surface area (Å²) >= 11 is 0. The average molecular weight is 157 g/mol. The molecule has 0 heterocycles. The zero-order valence-electron chi connectivity index (χ0n) is 6.88. The van der Waals surface area contributed by atoms with Gasteiger partial charge < -0.3 is 10.5 Å². The number of carbonyl (C=O) groups excluding carboxylic acids is 1. The number of carbonyl (C=O) groups is 1. The van der Waals surface area contributed by atoms with Crippen molar-refractivity contribution in [1.82, 2.24) is 0 Å². The summed E-state index contributed by atoms with van der Waals surface area (Å²) in [6.07, 6.45) is 3.79. The largest absolute Gasteiger partial charge is 0.469 e. The molecule has 0 spiro atoms. The summed E-state index contributed by atoms with van der Waals surface area (Å²) in [4.78, 5) is 10.8. The van der Waals surface area contributed by atoms with Crippen molar-refractivity contribution in [2.24, 2.45) is 11.7 Å². The maximum atomic E-state index is 10.8. The van der Waals surface area contributed by atoms with Crippen molar-refractivity contribution >= 4 is 5.97 Å². The van der Waals surface area contributed by atoms with E-state index in [0.717, 1.165) is 19.3 Å². The molecule has 64 valence electrons. The Hall–Kier alpha value is -0.570. The number of methoxy groups -OCH3 is 1. The summed E-state index contributed by atoms with van der Waals surface area (Å²) in [7, 11) is 1.42. The number of esters is 1. The molecular formula is C8H15NO2. The van der Waals surface area contributed by atoms with Gasteiger partial charge >= 0.3 is 5.97 Å². The SMILES string of the molecule is COC(=O)C[C@@H]1CCC[C@H]1N. The lowest BCUT2D eigenvalue weighted by atomic mass is 10.0. The van der Waals surface area contributed by atoms with Gasteiger partial charge in [0.2, 0.25) is 0 Å². The van der Waals surface area contributed by atoms with E-state index < -0.39 is 0 Å². The first kappa shape index (κ1) is 8.53. The molecule has 3 nitrogen and oxygen atoms in total. The molecule has 2 N–H and O–H groups in total. The number of rotatable bonds is 2. The molecule has 0 saturated heterocycles. The molecule has 3 heteroatoms. The molecule has 11 heavy (non-hydrogen) atoms. The third-order valence-electron chi connectivity index (χ3n) is 2.37. The van der Waals surface area contributed by atoms with Gasteiger partial charge in [0.05, 0.1) is 7.11 Å². The van der Waals surface area contributed by atoms with E-state index in [0.29, 0.717) is 12.3 Å². The average Bonchev–Trinajstić information content (AvgIpc) is 2.37. The summed E-state index contributed by atoms with van der Waals surface area (Å²) in [6, 6.07) is 0.217. The second kappa shape index (κ2) is 3.72. The second-order valence-electron chi connectivity index (χ2n) is 3.14. The van der Waals surface area contributed by atoms with Crippen LogP contribution in [0.1, 0.15) is 25.7 Å². The Morgan fingerprint density at radius 3 is 2.82 bits per heavy atom. The van der Waals surface area contributed by atoms with Crippen LogP contribution < -0.4 is 5.73 Å². The molecule has 1 fully saturated rings. The molecule has 1 saturated carbocycles. The minimum absolute atomic E-state index is 0.132. The van der Waals surface area contributed by atoms with Crippen LogP contribution in [0.4, 0.5) is 0 Å². The van der Waals surface area contributed by atoms with Crippen molar-refractivity contribution in [1.29, 1.82) is 0 Å². The molecular weight excluding hydrogens is 142 g/mol. The normalized spacial score (nSPS) is 30.4. The first-order valence-corrected chi connectivity index (χ1v) is 4.06. The Morgan fingerprint density at radius 2 is 2.36 bits per heavy atom. The second-order valence-corrected chi connectivity index (χ2v) is 3.14. The monoisotopic (exact) mass is 157 g/mol. The van der Waals surface area contributed by atoms with Crippen LogP contribution in [0.2, 0.25) is 0 Å². The first-order chi connectivity index (χ1) is 5.24. The van der Waals surface area contributed by atoms with E-state index in [1.54, 1.807) is 0 Å². The number of nitrogens with two attached hydrogens (primary N) is 1. The molecule has 0 aromatic heterocycles. The summed E-state index contributed by atoms with van der Waals surface area (Å²) in [5.41, 5.74) is 5.77. The smallest absolute Gasteiger partial charge is 0.305 e. The van der Waals surface area contributed by atoms with Gasteiger partial charge in [0.15, 0.2) is 0 Å². The van der Waals surface area contributed by atoms with Gasteiger partial charge in [-0.3, -0.25) is 4.79 Å². The van der Waals surface area contributed by atoms with Crippen molar-refractivity contribution in [3.63, 3.8) is 0 Å². The van der Waals surface area contributed by atoms with E-state index >= 15 is 0 Å². The van der Waals surface area contributed by atoms with Crippen LogP contribution in [0.5, 0.6) is 0 Å². The fourth-order valence-electron chi connectivity index (χ4n) is 1.62. The summed E-state index contributed by atoms with van der Waals surface area (Å²) < 4.78 is 4.57. The van der Waals surface area contributed by atoms with Crippen molar-refractivity contribution in [3.8, 4) is 0 Å². The molecule has 0 aromatic rings. The van der Waals surface area contributed by atoms with Crippen LogP contribution in [0.25, 0.3) is 0 Å². The Bertz CT molecular complexity index is 147. The van der Waals surface area contributed by atoms with Crippen molar-refractivity contribution in [3.05, 3.63) is 0 Å². The molecule has 2 atom stereocenters. The summed E-state index contributed by atoms with van der Waals surface area (Å²) in [6.45, 7) is 0. The molecule has 1 aliphatic rings.